The maximum atomic E-state index is 12.2. The van der Waals surface area contributed by atoms with E-state index in [1.165, 1.54) is 0 Å². The maximum absolute atomic E-state index is 12.2. The van der Waals surface area contributed by atoms with Gasteiger partial charge in [-0.3, -0.25) is 9.59 Å². The number of hydrogen-bond donors (Lipinski definition) is 2. The SMILES string of the molecule is O=C(O)CC1(NC(=O)CCc2ccccc2)CCCCC1. The molecule has 1 aromatic carbocycles. The Morgan fingerprint density at radius 1 is 1.10 bits per heavy atom. The molecule has 0 bridgehead atoms. The molecule has 0 unspecified atom stereocenters. The van der Waals surface area contributed by atoms with Crippen molar-refractivity contribution in [2.24, 2.45) is 0 Å². The van der Waals surface area contributed by atoms with E-state index < -0.39 is 11.5 Å². The summed E-state index contributed by atoms with van der Waals surface area (Å²) in [7, 11) is 0. The smallest absolute Gasteiger partial charge is 0.305 e. The molecule has 114 valence electrons. The van der Waals surface area contributed by atoms with Gasteiger partial charge in [0.2, 0.25) is 5.91 Å². The van der Waals surface area contributed by atoms with Crippen molar-refractivity contribution in [2.45, 2.75) is 56.9 Å². The van der Waals surface area contributed by atoms with Gasteiger partial charge in [0.15, 0.2) is 0 Å². The van der Waals surface area contributed by atoms with Gasteiger partial charge in [-0.2, -0.15) is 0 Å². The first-order chi connectivity index (χ1) is 10.1. The number of carboxylic acids is 1. The monoisotopic (exact) mass is 289 g/mol. The van der Waals surface area contributed by atoms with Gasteiger partial charge in [0, 0.05) is 6.42 Å². The molecule has 0 aliphatic heterocycles. The average Bonchev–Trinajstić information content (AvgIpc) is 2.46. The summed E-state index contributed by atoms with van der Waals surface area (Å²) in [6.45, 7) is 0. The molecule has 1 fully saturated rings. The van der Waals surface area contributed by atoms with Crippen LogP contribution in [0.4, 0.5) is 0 Å². The molecule has 4 heteroatoms. The second-order valence-corrected chi connectivity index (χ2v) is 5.95. The van der Waals surface area contributed by atoms with Crippen LogP contribution in [0.1, 0.15) is 50.5 Å². The zero-order valence-electron chi connectivity index (χ0n) is 12.3. The molecule has 21 heavy (non-hydrogen) atoms. The van der Waals surface area contributed by atoms with Gasteiger partial charge in [0.05, 0.1) is 12.0 Å². The highest BCUT2D eigenvalue weighted by atomic mass is 16.4. The summed E-state index contributed by atoms with van der Waals surface area (Å²) < 4.78 is 0. The molecule has 0 radical (unpaired) electrons. The first kappa shape index (κ1) is 15.5. The van der Waals surface area contributed by atoms with Crippen LogP contribution in [0.15, 0.2) is 30.3 Å². The number of aliphatic carboxylic acids is 1. The Bertz CT molecular complexity index is 478. The fourth-order valence-corrected chi connectivity index (χ4v) is 3.12. The van der Waals surface area contributed by atoms with Gasteiger partial charge in [-0.15, -0.1) is 0 Å². The maximum Gasteiger partial charge on any atom is 0.305 e. The molecule has 0 saturated heterocycles. The predicted molar refractivity (Wildman–Crippen MR) is 81.0 cm³/mol. The lowest BCUT2D eigenvalue weighted by Gasteiger charge is -2.37. The fraction of sp³-hybridized carbons (Fsp3) is 0.529. The Balaban J connectivity index is 1.90. The summed E-state index contributed by atoms with van der Waals surface area (Å²) in [5.74, 6) is -0.873. The molecule has 0 atom stereocenters. The Kier molecular flexibility index (Phi) is 5.37. The van der Waals surface area contributed by atoms with Crippen molar-refractivity contribution in [1.29, 1.82) is 0 Å². The van der Waals surface area contributed by atoms with Crippen LogP contribution >= 0.6 is 0 Å². The zero-order valence-corrected chi connectivity index (χ0v) is 12.3. The van der Waals surface area contributed by atoms with Gasteiger partial charge in [-0.25, -0.2) is 0 Å². The fourth-order valence-electron chi connectivity index (χ4n) is 3.12. The van der Waals surface area contributed by atoms with Crippen LogP contribution in [0.3, 0.4) is 0 Å². The van der Waals surface area contributed by atoms with Crippen LogP contribution in [-0.2, 0) is 16.0 Å². The number of hydrogen-bond acceptors (Lipinski definition) is 2. The molecule has 2 N–H and O–H groups in total. The molecular formula is C17H23NO3. The molecule has 4 nitrogen and oxygen atoms in total. The Morgan fingerprint density at radius 2 is 1.76 bits per heavy atom. The van der Waals surface area contributed by atoms with Crippen molar-refractivity contribution < 1.29 is 14.7 Å². The van der Waals surface area contributed by atoms with Crippen molar-refractivity contribution in [1.82, 2.24) is 5.32 Å². The van der Waals surface area contributed by atoms with Gasteiger partial charge >= 0.3 is 5.97 Å². The number of carbonyl (C=O) groups excluding carboxylic acids is 1. The molecule has 1 aliphatic carbocycles. The van der Waals surface area contributed by atoms with Crippen LogP contribution in [0, 0.1) is 0 Å². The first-order valence-corrected chi connectivity index (χ1v) is 7.66. The molecule has 1 aromatic rings. The molecule has 1 amide bonds. The number of aryl methyl sites for hydroxylation is 1. The van der Waals surface area contributed by atoms with Gasteiger partial charge in [-0.05, 0) is 24.8 Å². The molecular weight excluding hydrogens is 266 g/mol. The third-order valence-corrected chi connectivity index (χ3v) is 4.19. The zero-order chi connectivity index (χ0) is 15.1. The summed E-state index contributed by atoms with van der Waals surface area (Å²) in [5, 5.41) is 12.1. The lowest BCUT2D eigenvalue weighted by molar-refractivity contribution is -0.139. The summed E-state index contributed by atoms with van der Waals surface area (Å²) in [5.41, 5.74) is 0.598. The lowest BCUT2D eigenvalue weighted by atomic mass is 9.79. The summed E-state index contributed by atoms with van der Waals surface area (Å²) >= 11 is 0. The summed E-state index contributed by atoms with van der Waals surface area (Å²) in [4.78, 5) is 23.2. The van der Waals surface area contributed by atoms with E-state index >= 15 is 0 Å². The van der Waals surface area contributed by atoms with Gasteiger partial charge in [0.25, 0.3) is 0 Å². The van der Waals surface area contributed by atoms with Crippen molar-refractivity contribution in [2.75, 3.05) is 0 Å². The second kappa shape index (κ2) is 7.25. The van der Waals surface area contributed by atoms with E-state index in [0.29, 0.717) is 12.8 Å². The van der Waals surface area contributed by atoms with Crippen molar-refractivity contribution in [3.8, 4) is 0 Å². The van der Waals surface area contributed by atoms with Crippen LogP contribution in [0.2, 0.25) is 0 Å². The van der Waals surface area contributed by atoms with Crippen molar-refractivity contribution >= 4 is 11.9 Å². The third-order valence-electron chi connectivity index (χ3n) is 4.19. The highest BCUT2D eigenvalue weighted by Crippen LogP contribution is 2.31. The highest BCUT2D eigenvalue weighted by molar-refractivity contribution is 5.78. The Morgan fingerprint density at radius 3 is 2.38 bits per heavy atom. The number of amides is 1. The quantitative estimate of drug-likeness (QED) is 0.846. The number of rotatable bonds is 6. The van der Waals surface area contributed by atoms with Crippen molar-refractivity contribution in [3.63, 3.8) is 0 Å². The Labute approximate surface area is 125 Å². The van der Waals surface area contributed by atoms with E-state index in [0.717, 1.165) is 37.7 Å². The van der Waals surface area contributed by atoms with E-state index in [4.69, 9.17) is 5.11 Å². The summed E-state index contributed by atoms with van der Waals surface area (Å²) in [6.07, 6.45) is 5.79. The van der Waals surface area contributed by atoms with Gasteiger partial charge in [0.1, 0.15) is 0 Å². The lowest BCUT2D eigenvalue weighted by Crippen LogP contribution is -2.51. The van der Waals surface area contributed by atoms with E-state index in [-0.39, 0.29) is 12.3 Å². The molecule has 0 aromatic heterocycles. The van der Waals surface area contributed by atoms with Crippen LogP contribution in [0.25, 0.3) is 0 Å². The van der Waals surface area contributed by atoms with E-state index in [1.54, 1.807) is 0 Å². The largest absolute Gasteiger partial charge is 0.481 e. The minimum atomic E-state index is -0.833. The highest BCUT2D eigenvalue weighted by Gasteiger charge is 2.35. The van der Waals surface area contributed by atoms with Crippen molar-refractivity contribution in [3.05, 3.63) is 35.9 Å². The topological polar surface area (TPSA) is 66.4 Å². The minimum absolute atomic E-state index is 0.0318. The molecule has 1 saturated carbocycles. The average molecular weight is 289 g/mol. The Hall–Kier alpha value is -1.84. The molecule has 2 rings (SSSR count). The number of benzene rings is 1. The normalized spacial score (nSPS) is 17.1. The number of carboxylic acid groups (broad SMARTS) is 1. The summed E-state index contributed by atoms with van der Waals surface area (Å²) in [6, 6.07) is 9.87. The van der Waals surface area contributed by atoms with Crippen LogP contribution in [-0.4, -0.2) is 22.5 Å². The number of nitrogens with one attached hydrogen (secondary N) is 1. The minimum Gasteiger partial charge on any atom is -0.481 e. The standard InChI is InChI=1S/C17H23NO3/c19-15(10-9-14-7-3-1-4-8-14)18-17(13-16(20)21)11-5-2-6-12-17/h1,3-4,7-8H,2,5-6,9-13H2,(H,18,19)(H,20,21). The number of carbonyl (C=O) groups is 2. The van der Waals surface area contributed by atoms with Gasteiger partial charge < -0.3 is 10.4 Å². The van der Waals surface area contributed by atoms with Crippen LogP contribution < -0.4 is 5.32 Å². The third kappa shape index (κ3) is 4.88. The van der Waals surface area contributed by atoms with E-state index in [2.05, 4.69) is 5.32 Å². The second-order valence-electron chi connectivity index (χ2n) is 5.95. The van der Waals surface area contributed by atoms with Crippen LogP contribution in [0.5, 0.6) is 0 Å². The molecule has 1 aliphatic rings. The predicted octanol–water partition coefficient (Wildman–Crippen LogP) is 2.91. The first-order valence-electron chi connectivity index (χ1n) is 7.66. The molecule has 0 spiro atoms. The van der Waals surface area contributed by atoms with E-state index in [9.17, 15) is 9.59 Å². The van der Waals surface area contributed by atoms with E-state index in [1.807, 2.05) is 30.3 Å². The van der Waals surface area contributed by atoms with Gasteiger partial charge in [-0.1, -0.05) is 49.6 Å². The molecule has 0 heterocycles.